The fraction of sp³-hybridized carbons (Fsp3) is 0.333. The topological polar surface area (TPSA) is 0 Å². The molecule has 12 heavy (non-hydrogen) atoms. The van der Waals surface area contributed by atoms with Crippen LogP contribution in [0.1, 0.15) is 0 Å². The predicted octanol–water partition coefficient (Wildman–Crippen LogP) is 2.12. The molecule has 0 N–H and O–H groups in total. The molecule has 0 aliphatic rings. The van der Waals surface area contributed by atoms with E-state index in [1.807, 2.05) is 0 Å². The van der Waals surface area contributed by atoms with Crippen LogP contribution in [0.3, 0.4) is 0 Å². The number of rotatable bonds is 0. The van der Waals surface area contributed by atoms with Gasteiger partial charge in [-0.1, -0.05) is 0 Å². The SMILES string of the molecule is FC(F)(F)C#CC#CC(F)(F)F. The molecule has 0 aliphatic carbocycles. The van der Waals surface area contributed by atoms with Gasteiger partial charge in [0, 0.05) is 11.8 Å². The Balaban J connectivity index is 4.27. The maximum absolute atomic E-state index is 11.2. The third-order valence-electron chi connectivity index (χ3n) is 0.471. The van der Waals surface area contributed by atoms with Crippen molar-refractivity contribution in [2.24, 2.45) is 0 Å². The van der Waals surface area contributed by atoms with Gasteiger partial charge in [0.2, 0.25) is 0 Å². The van der Waals surface area contributed by atoms with E-state index in [0.717, 1.165) is 11.8 Å². The number of halogens is 6. The zero-order chi connectivity index (χ0) is 9.83. The van der Waals surface area contributed by atoms with E-state index in [-0.39, 0.29) is 0 Å². The fourth-order valence-electron chi connectivity index (χ4n) is 0.204. The van der Waals surface area contributed by atoms with Crippen molar-refractivity contribution in [1.82, 2.24) is 0 Å². The van der Waals surface area contributed by atoms with Crippen molar-refractivity contribution in [3.8, 4) is 23.7 Å². The predicted molar refractivity (Wildman–Crippen MR) is 27.7 cm³/mol. The van der Waals surface area contributed by atoms with Crippen LogP contribution in [0, 0.1) is 23.7 Å². The largest absolute Gasteiger partial charge is 0.458 e. The first kappa shape index (κ1) is 10.7. The third kappa shape index (κ3) is 8.70. The average molecular weight is 186 g/mol. The van der Waals surface area contributed by atoms with E-state index in [4.69, 9.17) is 0 Å². The zero-order valence-corrected chi connectivity index (χ0v) is 5.27. The molecule has 0 aliphatic heterocycles. The van der Waals surface area contributed by atoms with Crippen LogP contribution in [0.2, 0.25) is 0 Å². The molecule has 0 nitrogen and oxygen atoms in total. The summed E-state index contributed by atoms with van der Waals surface area (Å²) in [5.41, 5.74) is 0. The molecule has 0 bridgehead atoms. The van der Waals surface area contributed by atoms with Gasteiger partial charge < -0.3 is 0 Å². The van der Waals surface area contributed by atoms with Crippen molar-refractivity contribution in [2.45, 2.75) is 12.4 Å². The maximum atomic E-state index is 11.2. The summed E-state index contributed by atoms with van der Waals surface area (Å²) < 4.78 is 66.9. The van der Waals surface area contributed by atoms with Crippen LogP contribution in [-0.2, 0) is 0 Å². The zero-order valence-electron chi connectivity index (χ0n) is 5.27. The highest BCUT2D eigenvalue weighted by atomic mass is 19.4. The minimum absolute atomic E-state index is 0.571. The van der Waals surface area contributed by atoms with Crippen molar-refractivity contribution in [2.75, 3.05) is 0 Å². The monoisotopic (exact) mass is 186 g/mol. The van der Waals surface area contributed by atoms with Gasteiger partial charge in [-0.2, -0.15) is 26.3 Å². The Morgan fingerprint density at radius 1 is 0.583 bits per heavy atom. The van der Waals surface area contributed by atoms with E-state index in [1.54, 1.807) is 0 Å². The maximum Gasteiger partial charge on any atom is 0.458 e. The van der Waals surface area contributed by atoms with E-state index >= 15 is 0 Å². The molecule has 0 fully saturated rings. The smallest absolute Gasteiger partial charge is 0.159 e. The Bertz CT molecular complexity index is 229. The molecule has 0 unspecified atom stereocenters. The van der Waals surface area contributed by atoms with Gasteiger partial charge in [0.05, 0.1) is 0 Å². The van der Waals surface area contributed by atoms with Gasteiger partial charge in [0.1, 0.15) is 0 Å². The average Bonchev–Trinajstić information content (AvgIpc) is 1.76. The van der Waals surface area contributed by atoms with Crippen LogP contribution in [0.25, 0.3) is 0 Å². The Morgan fingerprint density at radius 3 is 1.00 bits per heavy atom. The first-order valence-corrected chi connectivity index (χ1v) is 2.38. The molecule has 0 aromatic rings. The molecule has 0 radical (unpaired) electrons. The van der Waals surface area contributed by atoms with E-state index in [2.05, 4.69) is 0 Å². The summed E-state index contributed by atoms with van der Waals surface area (Å²) in [6.07, 6.45) is -9.61. The molecule has 0 rings (SSSR count). The van der Waals surface area contributed by atoms with Gasteiger partial charge in [-0.05, 0) is 11.8 Å². The Labute approximate surface area is 63.6 Å². The molecule has 66 valence electrons. The van der Waals surface area contributed by atoms with Crippen LogP contribution in [-0.4, -0.2) is 12.4 Å². The van der Waals surface area contributed by atoms with Crippen LogP contribution in [0.15, 0.2) is 0 Å². The minimum atomic E-state index is -4.81. The lowest BCUT2D eigenvalue weighted by molar-refractivity contribution is -0.0710. The summed E-state index contributed by atoms with van der Waals surface area (Å²) in [5, 5.41) is 0. The van der Waals surface area contributed by atoms with Gasteiger partial charge in [-0.3, -0.25) is 0 Å². The van der Waals surface area contributed by atoms with Crippen molar-refractivity contribution >= 4 is 0 Å². The molecule has 0 amide bonds. The van der Waals surface area contributed by atoms with Gasteiger partial charge in [-0.25, -0.2) is 0 Å². The molecule has 0 saturated heterocycles. The van der Waals surface area contributed by atoms with Gasteiger partial charge >= 0.3 is 12.4 Å². The van der Waals surface area contributed by atoms with Crippen molar-refractivity contribution in [3.63, 3.8) is 0 Å². The third-order valence-corrected chi connectivity index (χ3v) is 0.471. The van der Waals surface area contributed by atoms with Crippen LogP contribution in [0.4, 0.5) is 26.3 Å². The summed E-state index contributed by atoms with van der Waals surface area (Å²) in [6.45, 7) is 0. The van der Waals surface area contributed by atoms with E-state index in [1.165, 1.54) is 0 Å². The number of hydrogen-bond donors (Lipinski definition) is 0. The fourth-order valence-corrected chi connectivity index (χ4v) is 0.204. The number of alkyl halides is 6. The Morgan fingerprint density at radius 2 is 0.833 bits per heavy atom. The second-order valence-electron chi connectivity index (χ2n) is 1.50. The van der Waals surface area contributed by atoms with Gasteiger partial charge in [-0.15, -0.1) is 0 Å². The first-order chi connectivity index (χ1) is 5.21. The van der Waals surface area contributed by atoms with Crippen molar-refractivity contribution < 1.29 is 26.3 Å². The highest BCUT2D eigenvalue weighted by molar-refractivity contribution is 5.29. The lowest BCUT2D eigenvalue weighted by Crippen LogP contribution is -2.02. The lowest BCUT2D eigenvalue weighted by Gasteiger charge is -1.90. The Kier molecular flexibility index (Phi) is 3.03. The highest BCUT2D eigenvalue weighted by Gasteiger charge is 2.24. The van der Waals surface area contributed by atoms with E-state index < -0.39 is 12.4 Å². The number of hydrogen-bond acceptors (Lipinski definition) is 0. The second kappa shape index (κ2) is 3.40. The lowest BCUT2D eigenvalue weighted by atomic mass is 10.5. The van der Waals surface area contributed by atoms with E-state index in [9.17, 15) is 26.3 Å². The summed E-state index contributed by atoms with van der Waals surface area (Å²) >= 11 is 0. The summed E-state index contributed by atoms with van der Waals surface area (Å²) in [4.78, 5) is 0. The van der Waals surface area contributed by atoms with Crippen LogP contribution >= 0.6 is 0 Å². The van der Waals surface area contributed by atoms with E-state index in [0.29, 0.717) is 11.8 Å². The molecule has 0 heterocycles. The quantitative estimate of drug-likeness (QED) is 0.401. The first-order valence-electron chi connectivity index (χ1n) is 2.38. The molecular weight excluding hydrogens is 186 g/mol. The summed E-state index contributed by atoms with van der Waals surface area (Å²) in [5.74, 6) is 3.19. The van der Waals surface area contributed by atoms with Gasteiger partial charge in [0.15, 0.2) is 0 Å². The normalized spacial score (nSPS) is 10.8. The highest BCUT2D eigenvalue weighted by Crippen LogP contribution is 2.12. The molecule has 6 heteroatoms. The molecule has 0 saturated carbocycles. The molecule has 0 spiro atoms. The van der Waals surface area contributed by atoms with Crippen LogP contribution < -0.4 is 0 Å². The molecule has 0 aromatic carbocycles. The van der Waals surface area contributed by atoms with Crippen molar-refractivity contribution in [3.05, 3.63) is 0 Å². The van der Waals surface area contributed by atoms with Gasteiger partial charge in [0.25, 0.3) is 0 Å². The van der Waals surface area contributed by atoms with Crippen molar-refractivity contribution in [1.29, 1.82) is 0 Å². The standard InChI is InChI=1S/C6F6/c7-5(8,9)3-1-2-4-6(10,11)12. The van der Waals surface area contributed by atoms with Crippen LogP contribution in [0.5, 0.6) is 0 Å². The molecule has 0 aromatic heterocycles. The minimum Gasteiger partial charge on any atom is -0.159 e. The molecular formula is C6F6. The second-order valence-corrected chi connectivity index (χ2v) is 1.50. The summed E-state index contributed by atoms with van der Waals surface area (Å²) in [6, 6.07) is 0. The Hall–Kier alpha value is -1.30. The molecule has 0 atom stereocenters. The summed E-state index contributed by atoms with van der Waals surface area (Å²) in [7, 11) is 0.